The molecule has 2 aromatic carbocycles. The minimum absolute atomic E-state index is 0.0548. The van der Waals surface area contributed by atoms with Gasteiger partial charge >= 0.3 is 5.97 Å². The Morgan fingerprint density at radius 3 is 2.21 bits per heavy atom. The number of likely N-dealkylation sites (tertiary alicyclic amines) is 1. The van der Waals surface area contributed by atoms with Crippen LogP contribution in [-0.4, -0.2) is 35.8 Å². The molecule has 0 aromatic heterocycles. The lowest BCUT2D eigenvalue weighted by Gasteiger charge is -2.22. The van der Waals surface area contributed by atoms with Crippen molar-refractivity contribution >= 4 is 17.8 Å². The second kappa shape index (κ2) is 7.56. The van der Waals surface area contributed by atoms with Gasteiger partial charge in [-0.3, -0.25) is 19.3 Å². The number of nitrogens with one attached hydrogen (secondary N) is 1. The fourth-order valence-electron chi connectivity index (χ4n) is 4.32. The molecule has 2 saturated heterocycles. The number of imide groups is 1. The van der Waals surface area contributed by atoms with Gasteiger partial charge in [0, 0.05) is 12.1 Å². The number of nitrogens with zero attached hydrogens (tertiary/aromatic N) is 1. The molecule has 144 valence electrons. The van der Waals surface area contributed by atoms with E-state index in [1.54, 1.807) is 0 Å². The lowest BCUT2D eigenvalue weighted by molar-refractivity contribution is -0.142. The van der Waals surface area contributed by atoms with Crippen molar-refractivity contribution in [1.29, 1.82) is 0 Å². The molecule has 0 aliphatic carbocycles. The van der Waals surface area contributed by atoms with E-state index in [1.165, 1.54) is 12.0 Å². The summed E-state index contributed by atoms with van der Waals surface area (Å²) in [5.41, 5.74) is 1.84. The Morgan fingerprint density at radius 2 is 1.57 bits per heavy atom. The van der Waals surface area contributed by atoms with Crippen molar-refractivity contribution in [2.24, 2.45) is 11.8 Å². The van der Waals surface area contributed by atoms with Gasteiger partial charge < -0.3 is 10.1 Å². The van der Waals surface area contributed by atoms with Crippen molar-refractivity contribution in [3.63, 3.8) is 0 Å². The Morgan fingerprint density at radius 1 is 0.964 bits per heavy atom. The molecule has 0 spiro atoms. The van der Waals surface area contributed by atoms with E-state index in [1.807, 2.05) is 60.7 Å². The first kappa shape index (κ1) is 18.4. The van der Waals surface area contributed by atoms with Gasteiger partial charge in [-0.05, 0) is 11.1 Å². The third-order valence-electron chi connectivity index (χ3n) is 5.63. The molecule has 1 N–H and O–H groups in total. The molecule has 0 saturated carbocycles. The molecule has 2 heterocycles. The van der Waals surface area contributed by atoms with Crippen molar-refractivity contribution in [2.45, 2.75) is 25.0 Å². The second-order valence-electron chi connectivity index (χ2n) is 7.24. The third-order valence-corrected chi connectivity index (χ3v) is 5.63. The lowest BCUT2D eigenvalue weighted by Crippen LogP contribution is -2.40. The van der Waals surface area contributed by atoms with Crippen LogP contribution in [0.2, 0.25) is 0 Å². The zero-order chi connectivity index (χ0) is 19.7. The zero-order valence-electron chi connectivity index (χ0n) is 15.6. The minimum atomic E-state index is -0.569. The highest BCUT2D eigenvalue weighted by molar-refractivity contribution is 6.06. The first-order valence-electron chi connectivity index (χ1n) is 9.37. The number of fused-ring (bicyclic) bond motifs is 1. The Balaban J connectivity index is 1.66. The highest BCUT2D eigenvalue weighted by Gasteiger charge is 2.59. The van der Waals surface area contributed by atoms with Crippen LogP contribution in [0.15, 0.2) is 60.7 Å². The maximum atomic E-state index is 13.2. The van der Waals surface area contributed by atoms with Gasteiger partial charge in [-0.15, -0.1) is 0 Å². The number of esters is 1. The minimum Gasteiger partial charge on any atom is -0.469 e. The molecule has 28 heavy (non-hydrogen) atoms. The average molecular weight is 378 g/mol. The average Bonchev–Trinajstić information content (AvgIpc) is 3.21. The summed E-state index contributed by atoms with van der Waals surface area (Å²) in [7, 11) is 1.33. The quantitative estimate of drug-likeness (QED) is 0.637. The molecule has 0 unspecified atom stereocenters. The predicted molar refractivity (Wildman–Crippen MR) is 102 cm³/mol. The number of hydrogen-bond acceptors (Lipinski definition) is 5. The number of ether oxygens (including phenoxy) is 1. The summed E-state index contributed by atoms with van der Waals surface area (Å²) in [6.07, 6.45) is 0.0548. The van der Waals surface area contributed by atoms with Gasteiger partial charge in [0.25, 0.3) is 0 Å². The Kier molecular flexibility index (Phi) is 4.96. The molecule has 0 radical (unpaired) electrons. The van der Waals surface area contributed by atoms with E-state index in [-0.39, 0.29) is 30.8 Å². The molecule has 2 fully saturated rings. The van der Waals surface area contributed by atoms with Crippen LogP contribution in [-0.2, 0) is 25.7 Å². The second-order valence-corrected chi connectivity index (χ2v) is 7.24. The highest BCUT2D eigenvalue weighted by atomic mass is 16.5. The van der Waals surface area contributed by atoms with Gasteiger partial charge in [-0.25, -0.2) is 0 Å². The van der Waals surface area contributed by atoms with Gasteiger partial charge in [0.05, 0.1) is 31.9 Å². The number of carbonyl (C=O) groups excluding carboxylic acids is 3. The van der Waals surface area contributed by atoms with Crippen LogP contribution in [0.1, 0.15) is 23.6 Å². The van der Waals surface area contributed by atoms with Gasteiger partial charge in [0.1, 0.15) is 0 Å². The molecule has 6 heteroatoms. The molecule has 2 aliphatic heterocycles. The van der Waals surface area contributed by atoms with Gasteiger partial charge in [0.2, 0.25) is 11.8 Å². The monoisotopic (exact) mass is 378 g/mol. The van der Waals surface area contributed by atoms with Crippen LogP contribution in [0, 0.1) is 11.8 Å². The molecular weight excluding hydrogens is 356 g/mol. The van der Waals surface area contributed by atoms with Gasteiger partial charge in [-0.1, -0.05) is 60.7 Å². The van der Waals surface area contributed by atoms with Crippen LogP contribution in [0.4, 0.5) is 0 Å². The number of methoxy groups -OCH3 is 1. The summed E-state index contributed by atoms with van der Waals surface area (Å²) in [6.45, 7) is 0.248. The molecule has 2 aromatic rings. The largest absolute Gasteiger partial charge is 0.469 e. The summed E-state index contributed by atoms with van der Waals surface area (Å²) in [4.78, 5) is 39.6. The fraction of sp³-hybridized carbons (Fsp3) is 0.318. The molecule has 2 aliphatic rings. The van der Waals surface area contributed by atoms with Crippen molar-refractivity contribution in [3.8, 4) is 0 Å². The van der Waals surface area contributed by atoms with E-state index in [0.717, 1.165) is 11.1 Å². The fourth-order valence-corrected chi connectivity index (χ4v) is 4.32. The van der Waals surface area contributed by atoms with E-state index >= 15 is 0 Å². The van der Waals surface area contributed by atoms with E-state index < -0.39 is 23.8 Å². The number of benzene rings is 2. The molecule has 6 nitrogen and oxygen atoms in total. The Hall–Kier alpha value is -2.99. The summed E-state index contributed by atoms with van der Waals surface area (Å²) in [6, 6.07) is 18.3. The van der Waals surface area contributed by atoms with E-state index in [9.17, 15) is 14.4 Å². The summed E-state index contributed by atoms with van der Waals surface area (Å²) in [5, 5.41) is 3.35. The third kappa shape index (κ3) is 3.20. The number of rotatable bonds is 5. The summed E-state index contributed by atoms with van der Waals surface area (Å²) < 4.78 is 4.80. The maximum absolute atomic E-state index is 13.2. The molecule has 0 bridgehead atoms. The van der Waals surface area contributed by atoms with Gasteiger partial charge in [-0.2, -0.15) is 0 Å². The number of carbonyl (C=O) groups is 3. The standard InChI is InChI=1S/C22H22N2O4/c1-28-17(25)12-16-18-19(20(23-16)15-10-6-3-7-11-15)22(27)24(21(18)26)13-14-8-4-2-5-9-14/h2-11,16,18-20,23H,12-13H2,1H3/t16-,18-,19+,20-/m1/s1. The van der Waals surface area contributed by atoms with Crippen molar-refractivity contribution < 1.29 is 19.1 Å². The van der Waals surface area contributed by atoms with Crippen LogP contribution in [0.25, 0.3) is 0 Å². The molecule has 4 atom stereocenters. The smallest absolute Gasteiger partial charge is 0.307 e. The maximum Gasteiger partial charge on any atom is 0.307 e. The van der Waals surface area contributed by atoms with E-state index in [4.69, 9.17) is 4.74 Å². The normalized spacial score (nSPS) is 26.4. The molecular formula is C22H22N2O4. The highest BCUT2D eigenvalue weighted by Crippen LogP contribution is 2.45. The SMILES string of the molecule is COC(=O)C[C@H]1N[C@H](c2ccccc2)[C@H]2C(=O)N(Cc3ccccc3)C(=O)[C@@H]21. The Bertz CT molecular complexity index is 884. The topological polar surface area (TPSA) is 75.7 Å². The first-order chi connectivity index (χ1) is 13.6. The number of amides is 2. The number of hydrogen-bond donors (Lipinski definition) is 1. The van der Waals surface area contributed by atoms with Gasteiger partial charge in [0.15, 0.2) is 0 Å². The van der Waals surface area contributed by atoms with E-state index in [0.29, 0.717) is 0 Å². The van der Waals surface area contributed by atoms with Crippen LogP contribution in [0.3, 0.4) is 0 Å². The zero-order valence-corrected chi connectivity index (χ0v) is 15.6. The summed E-state index contributed by atoms with van der Waals surface area (Å²) in [5.74, 6) is -1.90. The van der Waals surface area contributed by atoms with Crippen molar-refractivity contribution in [1.82, 2.24) is 10.2 Å². The summed E-state index contributed by atoms with van der Waals surface area (Å²) >= 11 is 0. The molecule has 4 rings (SSSR count). The van der Waals surface area contributed by atoms with Crippen LogP contribution < -0.4 is 5.32 Å². The van der Waals surface area contributed by atoms with E-state index in [2.05, 4.69) is 5.32 Å². The Labute approximate surface area is 163 Å². The first-order valence-corrected chi connectivity index (χ1v) is 9.37. The van der Waals surface area contributed by atoms with Crippen molar-refractivity contribution in [2.75, 3.05) is 7.11 Å². The van der Waals surface area contributed by atoms with Crippen molar-refractivity contribution in [3.05, 3.63) is 71.8 Å². The molecule has 2 amide bonds. The predicted octanol–water partition coefficient (Wildman–Crippen LogP) is 2.06. The van der Waals surface area contributed by atoms with Crippen LogP contribution in [0.5, 0.6) is 0 Å². The van der Waals surface area contributed by atoms with Crippen LogP contribution >= 0.6 is 0 Å². The lowest BCUT2D eigenvalue weighted by atomic mass is 9.86.